The van der Waals surface area contributed by atoms with Gasteiger partial charge in [0.2, 0.25) is 0 Å². The van der Waals surface area contributed by atoms with E-state index in [1.807, 2.05) is 24.3 Å². The third-order valence-electron chi connectivity index (χ3n) is 3.44. The molecule has 0 radical (unpaired) electrons. The molecular formula is C18H27NO7. The van der Waals surface area contributed by atoms with Gasteiger partial charge in [0.25, 0.3) is 0 Å². The number of carbonyl (C=O) groups is 3. The number of nitrogens with two attached hydrogens (primary N) is 1. The minimum Gasteiger partial charge on any atom is -0.497 e. The fourth-order valence-corrected chi connectivity index (χ4v) is 1.94. The van der Waals surface area contributed by atoms with Crippen LogP contribution < -0.4 is 10.5 Å². The number of esters is 3. The quantitative estimate of drug-likeness (QED) is 0.541. The van der Waals surface area contributed by atoms with E-state index in [0.29, 0.717) is 6.54 Å². The summed E-state index contributed by atoms with van der Waals surface area (Å²) >= 11 is 0. The maximum absolute atomic E-state index is 11.0. The molecule has 146 valence electrons. The topological polar surface area (TPSA) is 114 Å². The van der Waals surface area contributed by atoms with Gasteiger partial charge < -0.3 is 24.7 Å². The Balaban J connectivity index is 0.000000531. The summed E-state index contributed by atoms with van der Waals surface area (Å²) in [6.07, 6.45) is -0.0396. The highest BCUT2D eigenvalue weighted by Crippen LogP contribution is 2.16. The van der Waals surface area contributed by atoms with E-state index in [9.17, 15) is 14.4 Å². The largest absolute Gasteiger partial charge is 0.497 e. The van der Waals surface area contributed by atoms with Crippen LogP contribution in [0.2, 0.25) is 0 Å². The van der Waals surface area contributed by atoms with Crippen molar-refractivity contribution in [3.05, 3.63) is 29.8 Å². The van der Waals surface area contributed by atoms with Crippen molar-refractivity contribution in [2.24, 2.45) is 11.7 Å². The molecule has 1 aromatic rings. The van der Waals surface area contributed by atoms with Crippen LogP contribution >= 0.6 is 0 Å². The van der Waals surface area contributed by atoms with Crippen LogP contribution in [0, 0.1) is 5.92 Å². The van der Waals surface area contributed by atoms with Crippen molar-refractivity contribution in [2.75, 3.05) is 28.4 Å². The van der Waals surface area contributed by atoms with Crippen molar-refractivity contribution in [1.82, 2.24) is 0 Å². The Labute approximate surface area is 153 Å². The number of rotatable bonds is 8. The second kappa shape index (κ2) is 13.7. The van der Waals surface area contributed by atoms with Gasteiger partial charge in [-0.05, 0) is 23.6 Å². The Morgan fingerprint density at radius 2 is 1.19 bits per heavy atom. The first-order valence-corrected chi connectivity index (χ1v) is 7.93. The SMILES string of the molecule is COC(=O)CC(CC(=O)OC)CC(=O)OC.COc1ccc(CN)cc1. The second-order valence-corrected chi connectivity index (χ2v) is 5.26. The molecule has 0 amide bonds. The lowest BCUT2D eigenvalue weighted by Gasteiger charge is -2.12. The van der Waals surface area contributed by atoms with Crippen molar-refractivity contribution in [1.29, 1.82) is 0 Å². The zero-order chi connectivity index (χ0) is 19.9. The molecule has 0 unspecified atom stereocenters. The van der Waals surface area contributed by atoms with E-state index in [1.165, 1.54) is 21.3 Å². The molecule has 0 atom stereocenters. The number of hydrogen-bond acceptors (Lipinski definition) is 8. The Morgan fingerprint density at radius 1 is 0.808 bits per heavy atom. The van der Waals surface area contributed by atoms with E-state index in [1.54, 1.807) is 7.11 Å². The van der Waals surface area contributed by atoms with E-state index >= 15 is 0 Å². The van der Waals surface area contributed by atoms with Gasteiger partial charge in [-0.25, -0.2) is 0 Å². The molecule has 1 rings (SSSR count). The molecule has 8 heteroatoms. The Hall–Kier alpha value is -2.61. The van der Waals surface area contributed by atoms with Crippen molar-refractivity contribution < 1.29 is 33.3 Å². The molecule has 0 saturated carbocycles. The van der Waals surface area contributed by atoms with E-state index in [4.69, 9.17) is 10.5 Å². The van der Waals surface area contributed by atoms with Crippen molar-refractivity contribution in [2.45, 2.75) is 25.8 Å². The van der Waals surface area contributed by atoms with E-state index in [0.717, 1.165) is 11.3 Å². The highest BCUT2D eigenvalue weighted by Gasteiger charge is 2.21. The molecule has 26 heavy (non-hydrogen) atoms. The molecule has 0 heterocycles. The van der Waals surface area contributed by atoms with Crippen LogP contribution in [0.4, 0.5) is 0 Å². The molecule has 2 N–H and O–H groups in total. The monoisotopic (exact) mass is 369 g/mol. The Bertz CT molecular complexity index is 491. The van der Waals surface area contributed by atoms with Gasteiger partial charge >= 0.3 is 17.9 Å². The molecule has 1 aromatic carbocycles. The van der Waals surface area contributed by atoms with Crippen LogP contribution in [-0.4, -0.2) is 46.3 Å². The average molecular weight is 369 g/mol. The minimum atomic E-state index is -0.474. The molecular weight excluding hydrogens is 342 g/mol. The van der Waals surface area contributed by atoms with Crippen LogP contribution in [-0.2, 0) is 35.1 Å². The van der Waals surface area contributed by atoms with Gasteiger partial charge in [0, 0.05) is 25.8 Å². The zero-order valence-electron chi connectivity index (χ0n) is 15.7. The normalized spacial score (nSPS) is 9.62. The first kappa shape index (κ1) is 23.4. The van der Waals surface area contributed by atoms with Crippen molar-refractivity contribution >= 4 is 17.9 Å². The first-order chi connectivity index (χ1) is 12.4. The van der Waals surface area contributed by atoms with Gasteiger partial charge in [-0.3, -0.25) is 14.4 Å². The van der Waals surface area contributed by atoms with Crippen molar-refractivity contribution in [3.63, 3.8) is 0 Å². The van der Waals surface area contributed by atoms with Gasteiger partial charge in [0.1, 0.15) is 5.75 Å². The molecule has 8 nitrogen and oxygen atoms in total. The zero-order valence-corrected chi connectivity index (χ0v) is 15.7. The van der Waals surface area contributed by atoms with Crippen LogP contribution in [0.15, 0.2) is 24.3 Å². The molecule has 0 saturated heterocycles. The Kier molecular flexibility index (Phi) is 12.3. The van der Waals surface area contributed by atoms with Crippen LogP contribution in [0.5, 0.6) is 5.75 Å². The lowest BCUT2D eigenvalue weighted by molar-refractivity contribution is -0.146. The van der Waals surface area contributed by atoms with Crippen molar-refractivity contribution in [3.8, 4) is 5.75 Å². The number of carbonyl (C=O) groups excluding carboxylic acids is 3. The Morgan fingerprint density at radius 3 is 1.46 bits per heavy atom. The predicted molar refractivity (Wildman–Crippen MR) is 94.3 cm³/mol. The fraction of sp³-hybridized carbons (Fsp3) is 0.500. The van der Waals surface area contributed by atoms with Crippen LogP contribution in [0.3, 0.4) is 0 Å². The maximum Gasteiger partial charge on any atom is 0.305 e. The standard InChI is InChI=1S/C10H16O6.C8H11NO/c1-14-8(11)4-7(5-9(12)15-2)6-10(13)16-3;1-10-8-4-2-7(6-9)3-5-8/h7H,4-6H2,1-3H3;2-5H,6,9H2,1H3. The summed E-state index contributed by atoms with van der Waals surface area (Å²) in [6, 6.07) is 7.72. The smallest absolute Gasteiger partial charge is 0.305 e. The van der Waals surface area contributed by atoms with Gasteiger partial charge in [0.05, 0.1) is 28.4 Å². The van der Waals surface area contributed by atoms with Gasteiger partial charge in [-0.15, -0.1) is 0 Å². The van der Waals surface area contributed by atoms with Gasteiger partial charge in [0.15, 0.2) is 0 Å². The number of methoxy groups -OCH3 is 4. The lowest BCUT2D eigenvalue weighted by Crippen LogP contribution is -2.19. The average Bonchev–Trinajstić information content (AvgIpc) is 2.67. The lowest BCUT2D eigenvalue weighted by atomic mass is 9.98. The number of hydrogen-bond donors (Lipinski definition) is 1. The summed E-state index contributed by atoms with van der Waals surface area (Å²) in [4.78, 5) is 33.1. The molecule has 0 bridgehead atoms. The first-order valence-electron chi connectivity index (χ1n) is 7.93. The third-order valence-corrected chi connectivity index (χ3v) is 3.44. The number of benzene rings is 1. The highest BCUT2D eigenvalue weighted by molar-refractivity contribution is 5.76. The summed E-state index contributed by atoms with van der Waals surface area (Å²) < 4.78 is 18.4. The third kappa shape index (κ3) is 10.3. The van der Waals surface area contributed by atoms with E-state index in [2.05, 4.69) is 14.2 Å². The van der Waals surface area contributed by atoms with Gasteiger partial charge in [-0.2, -0.15) is 0 Å². The molecule has 0 fully saturated rings. The number of ether oxygens (including phenoxy) is 4. The highest BCUT2D eigenvalue weighted by atomic mass is 16.5. The van der Waals surface area contributed by atoms with Crippen LogP contribution in [0.25, 0.3) is 0 Å². The second-order valence-electron chi connectivity index (χ2n) is 5.26. The van der Waals surface area contributed by atoms with E-state index < -0.39 is 23.8 Å². The predicted octanol–water partition coefficient (Wildman–Crippen LogP) is 1.45. The molecule has 0 aliphatic rings. The molecule has 0 spiro atoms. The minimum absolute atomic E-state index is 0.0132. The maximum atomic E-state index is 11.0. The van der Waals surface area contributed by atoms with Gasteiger partial charge in [-0.1, -0.05) is 12.1 Å². The summed E-state index contributed by atoms with van der Waals surface area (Å²) in [5, 5.41) is 0. The summed E-state index contributed by atoms with van der Waals surface area (Å²) in [7, 11) is 5.39. The summed E-state index contributed by atoms with van der Waals surface area (Å²) in [5.41, 5.74) is 6.53. The summed E-state index contributed by atoms with van der Waals surface area (Å²) in [5.74, 6) is -1.00. The summed E-state index contributed by atoms with van der Waals surface area (Å²) in [6.45, 7) is 0.587. The fourth-order valence-electron chi connectivity index (χ4n) is 1.94. The van der Waals surface area contributed by atoms with E-state index in [-0.39, 0.29) is 19.3 Å². The molecule has 0 aromatic heterocycles. The molecule has 0 aliphatic heterocycles. The van der Waals surface area contributed by atoms with Crippen LogP contribution in [0.1, 0.15) is 24.8 Å². The molecule has 0 aliphatic carbocycles.